The Morgan fingerprint density at radius 2 is 1.80 bits per heavy atom. The molecule has 1 aromatic heterocycles. The lowest BCUT2D eigenvalue weighted by Crippen LogP contribution is -2.33. The molecule has 0 fully saturated rings. The minimum absolute atomic E-state index is 1.13. The number of rotatable bonds is 4. The first kappa shape index (κ1) is 10.2. The van der Waals surface area contributed by atoms with Gasteiger partial charge in [-0.3, -0.25) is 0 Å². The molecule has 0 aliphatic heterocycles. The van der Waals surface area contributed by atoms with Crippen LogP contribution in [0.3, 0.4) is 0 Å². The second-order valence-electron chi connectivity index (χ2n) is 3.97. The quantitative estimate of drug-likeness (QED) is 0.526. The minimum Gasteiger partial charge on any atom is -0.198 e. The van der Waals surface area contributed by atoms with Crippen LogP contribution >= 0.6 is 0 Å². The zero-order valence-electron chi connectivity index (χ0n) is 9.32. The molecule has 1 nitrogen and oxygen atoms in total. The van der Waals surface area contributed by atoms with Crippen molar-refractivity contribution in [3.05, 3.63) is 42.6 Å². The minimum atomic E-state index is 1.13. The number of hydrogen-bond donors (Lipinski definition) is 0. The summed E-state index contributed by atoms with van der Waals surface area (Å²) in [5.41, 5.74) is 1.34. The van der Waals surface area contributed by atoms with Gasteiger partial charge in [0.25, 0.3) is 0 Å². The lowest BCUT2D eigenvalue weighted by molar-refractivity contribution is -0.671. The number of unbranched alkanes of at least 4 members (excludes halogenated alkanes) is 2. The molecular weight excluding hydrogens is 182 g/mol. The van der Waals surface area contributed by atoms with Crippen molar-refractivity contribution in [3.8, 4) is 0 Å². The van der Waals surface area contributed by atoms with Gasteiger partial charge in [-0.25, -0.2) is 0 Å². The highest BCUT2D eigenvalue weighted by Gasteiger charge is 2.05. The highest BCUT2D eigenvalue weighted by atomic mass is 14.9. The van der Waals surface area contributed by atoms with E-state index in [0.29, 0.717) is 0 Å². The van der Waals surface area contributed by atoms with E-state index < -0.39 is 0 Å². The first-order chi connectivity index (χ1) is 7.42. The number of pyridine rings is 1. The molecule has 0 saturated heterocycles. The molecule has 0 aliphatic rings. The molecule has 0 amide bonds. The van der Waals surface area contributed by atoms with E-state index in [1.54, 1.807) is 0 Å². The predicted octanol–water partition coefficient (Wildman–Crippen LogP) is 3.32. The fraction of sp³-hybridized carbons (Fsp3) is 0.357. The lowest BCUT2D eigenvalue weighted by Gasteiger charge is -2.00. The van der Waals surface area contributed by atoms with E-state index >= 15 is 0 Å². The van der Waals surface area contributed by atoms with Crippen LogP contribution in [0.4, 0.5) is 0 Å². The summed E-state index contributed by atoms with van der Waals surface area (Å²) in [5, 5.41) is 1.33. The van der Waals surface area contributed by atoms with Crippen molar-refractivity contribution in [1.82, 2.24) is 0 Å². The molecule has 15 heavy (non-hydrogen) atoms. The normalized spacial score (nSPS) is 10.7. The summed E-state index contributed by atoms with van der Waals surface area (Å²) < 4.78 is 2.35. The monoisotopic (exact) mass is 200 g/mol. The molecule has 0 spiro atoms. The van der Waals surface area contributed by atoms with Crippen LogP contribution in [0, 0.1) is 0 Å². The molecule has 0 unspecified atom stereocenters. The van der Waals surface area contributed by atoms with Gasteiger partial charge < -0.3 is 0 Å². The van der Waals surface area contributed by atoms with Gasteiger partial charge >= 0.3 is 0 Å². The van der Waals surface area contributed by atoms with Crippen molar-refractivity contribution in [2.45, 2.75) is 32.7 Å². The van der Waals surface area contributed by atoms with E-state index in [1.165, 1.54) is 30.2 Å². The molecule has 0 N–H and O–H groups in total. The second-order valence-corrected chi connectivity index (χ2v) is 3.97. The van der Waals surface area contributed by atoms with Crippen LogP contribution in [0.1, 0.15) is 26.2 Å². The van der Waals surface area contributed by atoms with Gasteiger partial charge in [0, 0.05) is 23.9 Å². The van der Waals surface area contributed by atoms with Crippen LogP contribution in [-0.2, 0) is 6.54 Å². The lowest BCUT2D eigenvalue weighted by atomic mass is 10.2. The maximum absolute atomic E-state index is 2.35. The van der Waals surface area contributed by atoms with Gasteiger partial charge in [-0.15, -0.1) is 0 Å². The van der Waals surface area contributed by atoms with Gasteiger partial charge in [0.15, 0.2) is 6.20 Å². The van der Waals surface area contributed by atoms with E-state index in [-0.39, 0.29) is 0 Å². The maximum Gasteiger partial charge on any atom is 0.212 e. The summed E-state index contributed by atoms with van der Waals surface area (Å²) in [6.45, 7) is 3.38. The van der Waals surface area contributed by atoms with Gasteiger partial charge in [-0.05, 0) is 18.6 Å². The van der Waals surface area contributed by atoms with E-state index in [1.807, 2.05) is 0 Å². The molecule has 1 aromatic carbocycles. The van der Waals surface area contributed by atoms with Crippen molar-refractivity contribution in [3.63, 3.8) is 0 Å². The number of nitrogens with zero attached hydrogens (tertiary/aromatic N) is 1. The molecular formula is C14H18N+. The molecule has 1 heterocycles. The van der Waals surface area contributed by atoms with Crippen LogP contribution in [0.15, 0.2) is 42.6 Å². The van der Waals surface area contributed by atoms with E-state index in [9.17, 15) is 0 Å². The first-order valence-electron chi connectivity index (χ1n) is 5.79. The van der Waals surface area contributed by atoms with Crippen molar-refractivity contribution < 1.29 is 4.57 Å². The van der Waals surface area contributed by atoms with Gasteiger partial charge in [0.05, 0.1) is 0 Å². The number of benzene rings is 1. The van der Waals surface area contributed by atoms with Crippen molar-refractivity contribution in [2.75, 3.05) is 0 Å². The zero-order chi connectivity index (χ0) is 10.5. The summed E-state index contributed by atoms with van der Waals surface area (Å²) in [5.74, 6) is 0. The summed E-state index contributed by atoms with van der Waals surface area (Å²) in [4.78, 5) is 0. The average molecular weight is 200 g/mol. The number of fused-ring (bicyclic) bond motifs is 1. The third kappa shape index (κ3) is 2.35. The Labute approximate surface area is 91.4 Å². The van der Waals surface area contributed by atoms with Crippen LogP contribution in [0.25, 0.3) is 10.9 Å². The topological polar surface area (TPSA) is 3.88 Å². The van der Waals surface area contributed by atoms with E-state index in [2.05, 4.69) is 54.1 Å². The SMILES string of the molecule is CCCCC[n+]1cccc2ccccc21. The summed E-state index contributed by atoms with van der Waals surface area (Å²) in [6, 6.07) is 12.9. The third-order valence-corrected chi connectivity index (χ3v) is 2.79. The standard InChI is InChI=1S/C14H18N/c1-2-3-6-11-15-12-7-9-13-8-4-5-10-14(13)15/h4-5,7-10,12H,2-3,6,11H2,1H3/q+1. The van der Waals surface area contributed by atoms with E-state index in [0.717, 1.165) is 6.54 Å². The largest absolute Gasteiger partial charge is 0.212 e. The van der Waals surface area contributed by atoms with Crippen LogP contribution in [0.5, 0.6) is 0 Å². The Bertz CT molecular complexity index is 429. The summed E-state index contributed by atoms with van der Waals surface area (Å²) in [6.07, 6.45) is 6.05. The Morgan fingerprint density at radius 3 is 2.67 bits per heavy atom. The molecule has 0 radical (unpaired) electrons. The predicted molar refractivity (Wildman–Crippen MR) is 63.7 cm³/mol. The van der Waals surface area contributed by atoms with Crippen LogP contribution in [-0.4, -0.2) is 0 Å². The third-order valence-electron chi connectivity index (χ3n) is 2.79. The first-order valence-corrected chi connectivity index (χ1v) is 5.79. The number of para-hydroxylation sites is 1. The van der Waals surface area contributed by atoms with Gasteiger partial charge in [-0.1, -0.05) is 25.5 Å². The maximum atomic E-state index is 2.35. The molecule has 2 aromatic rings. The second kappa shape index (κ2) is 4.92. The molecule has 78 valence electrons. The zero-order valence-corrected chi connectivity index (χ0v) is 9.32. The average Bonchev–Trinajstić information content (AvgIpc) is 2.30. The van der Waals surface area contributed by atoms with Gasteiger partial charge in [0.1, 0.15) is 6.54 Å². The van der Waals surface area contributed by atoms with Gasteiger partial charge in [0.2, 0.25) is 5.52 Å². The smallest absolute Gasteiger partial charge is 0.198 e. The highest BCUT2D eigenvalue weighted by Crippen LogP contribution is 2.08. The van der Waals surface area contributed by atoms with Gasteiger partial charge in [-0.2, -0.15) is 4.57 Å². The molecule has 0 bridgehead atoms. The fourth-order valence-corrected chi connectivity index (χ4v) is 1.95. The highest BCUT2D eigenvalue weighted by molar-refractivity contribution is 5.74. The summed E-state index contributed by atoms with van der Waals surface area (Å²) >= 11 is 0. The Balaban J connectivity index is 2.26. The number of hydrogen-bond acceptors (Lipinski definition) is 0. The van der Waals surface area contributed by atoms with Crippen molar-refractivity contribution >= 4 is 10.9 Å². The molecule has 0 saturated carbocycles. The number of aryl methyl sites for hydroxylation is 1. The molecule has 0 atom stereocenters. The summed E-state index contributed by atoms with van der Waals surface area (Å²) in [7, 11) is 0. The Morgan fingerprint density at radius 1 is 1.00 bits per heavy atom. The van der Waals surface area contributed by atoms with Crippen LogP contribution < -0.4 is 4.57 Å². The Kier molecular flexibility index (Phi) is 3.33. The van der Waals surface area contributed by atoms with Crippen molar-refractivity contribution in [2.24, 2.45) is 0 Å². The van der Waals surface area contributed by atoms with Crippen molar-refractivity contribution in [1.29, 1.82) is 0 Å². The molecule has 1 heteroatoms. The molecule has 0 aliphatic carbocycles. The fourth-order valence-electron chi connectivity index (χ4n) is 1.95. The Hall–Kier alpha value is -1.37. The van der Waals surface area contributed by atoms with E-state index in [4.69, 9.17) is 0 Å². The van der Waals surface area contributed by atoms with Crippen LogP contribution in [0.2, 0.25) is 0 Å². The number of aromatic nitrogens is 1. The molecule has 2 rings (SSSR count).